The number of hydrogen-bond acceptors (Lipinski definition) is 2. The minimum Gasteiger partial charge on any atom is -0.410 e. The van der Waals surface area contributed by atoms with Crippen molar-refractivity contribution in [1.29, 1.82) is 0 Å². The third-order valence-electron chi connectivity index (χ3n) is 1.62. The van der Waals surface area contributed by atoms with Gasteiger partial charge in [-0.15, -0.1) is 0 Å². The van der Waals surface area contributed by atoms with Gasteiger partial charge in [0.2, 0.25) is 5.79 Å². The van der Waals surface area contributed by atoms with Gasteiger partial charge in [0, 0.05) is 7.05 Å². The molecule has 0 N–H and O–H groups in total. The van der Waals surface area contributed by atoms with Crippen molar-refractivity contribution in [3.05, 3.63) is 12.3 Å². The predicted molar refractivity (Wildman–Crippen MR) is 32.9 cm³/mol. The van der Waals surface area contributed by atoms with Crippen molar-refractivity contribution in [2.24, 2.45) is 0 Å². The van der Waals surface area contributed by atoms with E-state index in [1.807, 2.05) is 0 Å². The van der Waals surface area contributed by atoms with Gasteiger partial charge >= 0.3 is 6.09 Å². The Balaban J connectivity index is 2.96. The number of alkyl halides is 1. The molecule has 0 radical (unpaired) electrons. The molecule has 1 aliphatic heterocycles. The number of likely N-dealkylation sites (N-methyl/N-ethyl adjacent to an activating group) is 1. The molecule has 1 heterocycles. The van der Waals surface area contributed by atoms with E-state index in [1.54, 1.807) is 0 Å². The van der Waals surface area contributed by atoms with Crippen molar-refractivity contribution in [3.63, 3.8) is 0 Å². The van der Waals surface area contributed by atoms with Crippen molar-refractivity contribution in [2.45, 2.75) is 12.7 Å². The zero-order valence-corrected chi connectivity index (χ0v) is 5.85. The van der Waals surface area contributed by atoms with Gasteiger partial charge < -0.3 is 4.74 Å². The minimum atomic E-state index is -1.85. The lowest BCUT2D eigenvalue weighted by atomic mass is 10.2. The molecule has 4 heteroatoms. The Morgan fingerprint density at radius 1 is 1.80 bits per heavy atom. The Labute approximate surface area is 58.1 Å². The SMILES string of the molecule is C=C1OC(=O)N(C)C1(C)F. The van der Waals surface area contributed by atoms with Crippen LogP contribution in [0, 0.1) is 0 Å². The largest absolute Gasteiger partial charge is 0.417 e. The molecule has 1 amide bonds. The highest BCUT2D eigenvalue weighted by atomic mass is 19.1. The molecule has 3 nitrogen and oxygen atoms in total. The number of halogens is 1. The number of carbonyl (C=O) groups excluding carboxylic acids is 1. The minimum absolute atomic E-state index is 0.153. The molecule has 1 saturated heterocycles. The first-order chi connectivity index (χ1) is 4.46. The summed E-state index contributed by atoms with van der Waals surface area (Å²) >= 11 is 0. The molecule has 1 fully saturated rings. The van der Waals surface area contributed by atoms with Crippen LogP contribution in [0.3, 0.4) is 0 Å². The lowest BCUT2D eigenvalue weighted by Gasteiger charge is -2.18. The van der Waals surface area contributed by atoms with Crippen molar-refractivity contribution in [3.8, 4) is 0 Å². The fourth-order valence-corrected chi connectivity index (χ4v) is 0.625. The number of hydrogen-bond donors (Lipinski definition) is 0. The Morgan fingerprint density at radius 3 is 2.40 bits per heavy atom. The standard InChI is InChI=1S/C6H8FNO2/c1-4-6(2,7)8(3)5(9)10-4/h1H2,2-3H3. The van der Waals surface area contributed by atoms with Crippen LogP contribution >= 0.6 is 0 Å². The van der Waals surface area contributed by atoms with E-state index in [-0.39, 0.29) is 5.76 Å². The van der Waals surface area contributed by atoms with Crippen LogP contribution in [0.4, 0.5) is 9.18 Å². The fraction of sp³-hybridized carbons (Fsp3) is 0.500. The molecule has 0 bridgehead atoms. The Bertz CT molecular complexity index is 200. The number of cyclic esters (lactones) is 1. The van der Waals surface area contributed by atoms with Crippen LogP contribution in [-0.4, -0.2) is 23.8 Å². The first-order valence-corrected chi connectivity index (χ1v) is 2.80. The fourth-order valence-electron chi connectivity index (χ4n) is 0.625. The van der Waals surface area contributed by atoms with Crippen LogP contribution in [0.15, 0.2) is 12.3 Å². The van der Waals surface area contributed by atoms with Crippen molar-refractivity contribution >= 4 is 6.09 Å². The molecule has 1 aliphatic rings. The molecular formula is C6H8FNO2. The van der Waals surface area contributed by atoms with Gasteiger partial charge in [-0.05, 0) is 6.92 Å². The Kier molecular flexibility index (Phi) is 1.21. The molecule has 56 valence electrons. The summed E-state index contributed by atoms with van der Waals surface area (Å²) < 4.78 is 17.5. The van der Waals surface area contributed by atoms with E-state index >= 15 is 0 Å². The Morgan fingerprint density at radius 2 is 2.30 bits per heavy atom. The second kappa shape index (κ2) is 1.71. The summed E-state index contributed by atoms with van der Waals surface area (Å²) in [6.45, 7) is 4.47. The quantitative estimate of drug-likeness (QED) is 0.480. The molecule has 1 unspecified atom stereocenters. The van der Waals surface area contributed by atoms with Crippen LogP contribution in [-0.2, 0) is 4.74 Å². The van der Waals surface area contributed by atoms with Gasteiger partial charge in [0.15, 0.2) is 5.76 Å². The van der Waals surface area contributed by atoms with Gasteiger partial charge in [-0.1, -0.05) is 6.58 Å². The highest BCUT2D eigenvalue weighted by Crippen LogP contribution is 2.31. The average Bonchev–Trinajstić information content (AvgIpc) is 1.97. The number of rotatable bonds is 0. The lowest BCUT2D eigenvalue weighted by molar-refractivity contribution is 0.0914. The predicted octanol–water partition coefficient (Wildman–Crippen LogP) is 1.27. The van der Waals surface area contributed by atoms with Gasteiger partial charge in [0.1, 0.15) is 0 Å². The number of amides is 1. The smallest absolute Gasteiger partial charge is 0.410 e. The van der Waals surface area contributed by atoms with E-state index in [1.165, 1.54) is 14.0 Å². The molecule has 0 spiro atoms. The maximum atomic E-state index is 13.1. The van der Waals surface area contributed by atoms with Crippen LogP contribution in [0.5, 0.6) is 0 Å². The zero-order chi connectivity index (χ0) is 7.94. The maximum Gasteiger partial charge on any atom is 0.417 e. The molecule has 0 aromatic heterocycles. The lowest BCUT2D eigenvalue weighted by Crippen LogP contribution is -2.36. The van der Waals surface area contributed by atoms with E-state index in [0.717, 1.165) is 4.90 Å². The second-order valence-corrected chi connectivity index (χ2v) is 2.30. The molecule has 0 aromatic rings. The molecular weight excluding hydrogens is 137 g/mol. The van der Waals surface area contributed by atoms with Crippen LogP contribution in [0.2, 0.25) is 0 Å². The number of carbonyl (C=O) groups is 1. The zero-order valence-electron chi connectivity index (χ0n) is 5.85. The van der Waals surface area contributed by atoms with E-state index in [4.69, 9.17) is 0 Å². The number of ether oxygens (including phenoxy) is 1. The summed E-state index contributed by atoms with van der Waals surface area (Å²) in [7, 11) is 1.32. The second-order valence-electron chi connectivity index (χ2n) is 2.30. The first-order valence-electron chi connectivity index (χ1n) is 2.80. The summed E-state index contributed by atoms with van der Waals surface area (Å²) in [5, 5.41) is 0. The van der Waals surface area contributed by atoms with E-state index in [2.05, 4.69) is 11.3 Å². The Hall–Kier alpha value is -1.06. The average molecular weight is 145 g/mol. The van der Waals surface area contributed by atoms with Gasteiger partial charge in [-0.3, -0.25) is 4.90 Å². The normalized spacial score (nSPS) is 32.9. The van der Waals surface area contributed by atoms with Gasteiger partial charge in [-0.25, -0.2) is 9.18 Å². The summed E-state index contributed by atoms with van der Waals surface area (Å²) in [6.07, 6.45) is -0.699. The van der Waals surface area contributed by atoms with Crippen LogP contribution < -0.4 is 0 Å². The van der Waals surface area contributed by atoms with E-state index in [9.17, 15) is 9.18 Å². The monoisotopic (exact) mass is 145 g/mol. The summed E-state index contributed by atoms with van der Waals surface area (Å²) in [4.78, 5) is 11.5. The molecule has 0 aliphatic carbocycles. The highest BCUT2D eigenvalue weighted by molar-refractivity contribution is 5.73. The van der Waals surface area contributed by atoms with Gasteiger partial charge in [-0.2, -0.15) is 0 Å². The van der Waals surface area contributed by atoms with Crippen molar-refractivity contribution in [2.75, 3.05) is 7.05 Å². The third-order valence-corrected chi connectivity index (χ3v) is 1.62. The third kappa shape index (κ3) is 0.683. The highest BCUT2D eigenvalue weighted by Gasteiger charge is 2.45. The van der Waals surface area contributed by atoms with Gasteiger partial charge in [0.25, 0.3) is 0 Å². The molecule has 10 heavy (non-hydrogen) atoms. The van der Waals surface area contributed by atoms with Gasteiger partial charge in [0.05, 0.1) is 0 Å². The van der Waals surface area contributed by atoms with Crippen LogP contribution in [0.1, 0.15) is 6.92 Å². The van der Waals surface area contributed by atoms with E-state index in [0.29, 0.717) is 0 Å². The first kappa shape index (κ1) is 7.05. The molecule has 1 atom stereocenters. The summed E-state index contributed by atoms with van der Waals surface area (Å²) in [6, 6.07) is 0. The molecule has 0 aromatic carbocycles. The van der Waals surface area contributed by atoms with E-state index < -0.39 is 11.9 Å². The summed E-state index contributed by atoms with van der Waals surface area (Å²) in [5.41, 5.74) is 0. The topological polar surface area (TPSA) is 29.5 Å². The van der Waals surface area contributed by atoms with Crippen LogP contribution in [0.25, 0.3) is 0 Å². The van der Waals surface area contributed by atoms with Crippen molar-refractivity contribution < 1.29 is 13.9 Å². The molecule has 0 saturated carbocycles. The molecule has 1 rings (SSSR count). The number of nitrogens with zero attached hydrogens (tertiary/aromatic N) is 1. The summed E-state index contributed by atoms with van der Waals surface area (Å²) in [5.74, 6) is -2.00. The maximum absolute atomic E-state index is 13.1. The van der Waals surface area contributed by atoms with Crippen molar-refractivity contribution in [1.82, 2.24) is 4.90 Å².